The molecule has 4 rings (SSSR count). The predicted octanol–water partition coefficient (Wildman–Crippen LogP) is 5.24. The molecule has 31 heavy (non-hydrogen) atoms. The zero-order valence-electron chi connectivity index (χ0n) is 16.8. The van der Waals surface area contributed by atoms with Crippen molar-refractivity contribution in [1.82, 2.24) is 10.3 Å². The first-order chi connectivity index (χ1) is 14.9. The summed E-state index contributed by atoms with van der Waals surface area (Å²) in [4.78, 5) is 29.0. The van der Waals surface area contributed by atoms with Crippen LogP contribution >= 0.6 is 23.2 Å². The third-order valence-electron chi connectivity index (χ3n) is 5.81. The molecule has 1 aromatic heterocycles. The number of nitrogens with one attached hydrogen (secondary N) is 2. The molecule has 162 valence electrons. The van der Waals surface area contributed by atoms with Gasteiger partial charge in [-0.2, -0.15) is 0 Å². The lowest BCUT2D eigenvalue weighted by Crippen LogP contribution is -2.34. The van der Waals surface area contributed by atoms with Crippen molar-refractivity contribution < 1.29 is 9.90 Å². The normalized spacial score (nSPS) is 15.0. The zero-order valence-corrected chi connectivity index (χ0v) is 18.3. The van der Waals surface area contributed by atoms with Gasteiger partial charge in [-0.1, -0.05) is 55.0 Å². The van der Waals surface area contributed by atoms with Gasteiger partial charge in [-0.3, -0.25) is 9.59 Å². The van der Waals surface area contributed by atoms with Crippen molar-refractivity contribution in [2.75, 3.05) is 5.73 Å². The van der Waals surface area contributed by atoms with Crippen molar-refractivity contribution in [2.45, 2.75) is 44.6 Å². The number of aromatic amines is 1. The SMILES string of the molecule is Nc1c(Cl)cc(-c2[nH]c3c(C(=O)NC4CCCCCC4)cccc3c(=O)c2O)cc1Cl. The standard InChI is InChI=1S/C23H23Cl2N3O3/c24-16-10-12(11-17(25)18(16)26)19-22(30)21(29)14-8-5-9-15(20(14)28-19)23(31)27-13-6-3-1-2-4-7-13/h5,8-11,13,30H,1-4,6-7,26H2,(H,27,31)(H,28,29). The lowest BCUT2D eigenvalue weighted by Gasteiger charge is -2.17. The van der Waals surface area contributed by atoms with E-state index >= 15 is 0 Å². The molecule has 0 aliphatic heterocycles. The van der Waals surface area contributed by atoms with E-state index in [1.54, 1.807) is 18.2 Å². The van der Waals surface area contributed by atoms with E-state index in [4.69, 9.17) is 28.9 Å². The van der Waals surface area contributed by atoms with E-state index in [2.05, 4.69) is 10.3 Å². The van der Waals surface area contributed by atoms with E-state index in [-0.39, 0.29) is 38.8 Å². The Bertz CT molecular complexity index is 1190. The summed E-state index contributed by atoms with van der Waals surface area (Å²) in [6, 6.07) is 8.00. The molecule has 0 unspecified atom stereocenters. The molecule has 0 atom stereocenters. The van der Waals surface area contributed by atoms with Gasteiger partial charge in [-0.15, -0.1) is 0 Å². The number of amides is 1. The molecule has 0 spiro atoms. The summed E-state index contributed by atoms with van der Waals surface area (Å²) in [5.41, 5.74) is 6.61. The van der Waals surface area contributed by atoms with Crippen LogP contribution in [0.4, 0.5) is 5.69 Å². The van der Waals surface area contributed by atoms with E-state index in [0.29, 0.717) is 16.6 Å². The van der Waals surface area contributed by atoms with Gasteiger partial charge >= 0.3 is 0 Å². The lowest BCUT2D eigenvalue weighted by atomic mass is 10.0. The highest BCUT2D eigenvalue weighted by atomic mass is 35.5. The number of aromatic hydroxyl groups is 1. The summed E-state index contributed by atoms with van der Waals surface area (Å²) >= 11 is 12.3. The molecule has 0 bridgehead atoms. The summed E-state index contributed by atoms with van der Waals surface area (Å²) < 4.78 is 0. The third-order valence-corrected chi connectivity index (χ3v) is 6.44. The lowest BCUT2D eigenvalue weighted by molar-refractivity contribution is 0.0935. The number of hydrogen-bond donors (Lipinski definition) is 4. The first kappa shape index (κ1) is 21.5. The van der Waals surface area contributed by atoms with Crippen LogP contribution in [0.1, 0.15) is 48.9 Å². The molecule has 5 N–H and O–H groups in total. The number of nitrogens with two attached hydrogens (primary N) is 1. The van der Waals surface area contributed by atoms with Crippen molar-refractivity contribution in [3.8, 4) is 17.0 Å². The Morgan fingerprint density at radius 2 is 1.74 bits per heavy atom. The van der Waals surface area contributed by atoms with Crippen molar-refractivity contribution in [1.29, 1.82) is 0 Å². The molecule has 1 fully saturated rings. The number of carbonyl (C=O) groups is 1. The fourth-order valence-electron chi connectivity index (χ4n) is 4.12. The number of para-hydroxylation sites is 1. The zero-order chi connectivity index (χ0) is 22.1. The second-order valence-corrected chi connectivity index (χ2v) is 8.74. The smallest absolute Gasteiger partial charge is 0.253 e. The summed E-state index contributed by atoms with van der Waals surface area (Å²) in [5, 5.41) is 14.3. The van der Waals surface area contributed by atoms with Crippen LogP contribution in [-0.4, -0.2) is 22.0 Å². The van der Waals surface area contributed by atoms with Gasteiger partial charge in [0.15, 0.2) is 5.75 Å². The Labute approximate surface area is 189 Å². The number of fused-ring (bicyclic) bond motifs is 1. The van der Waals surface area contributed by atoms with Crippen LogP contribution in [0.15, 0.2) is 35.1 Å². The van der Waals surface area contributed by atoms with Crippen LogP contribution in [0.25, 0.3) is 22.2 Å². The molecule has 8 heteroatoms. The van der Waals surface area contributed by atoms with Gasteiger partial charge in [0.25, 0.3) is 5.91 Å². The molecule has 1 saturated carbocycles. The highest BCUT2D eigenvalue weighted by molar-refractivity contribution is 6.39. The highest BCUT2D eigenvalue weighted by Crippen LogP contribution is 2.36. The minimum atomic E-state index is -0.586. The van der Waals surface area contributed by atoms with Gasteiger partial charge in [0.05, 0.1) is 37.9 Å². The number of aromatic nitrogens is 1. The maximum absolute atomic E-state index is 13.1. The molecular formula is C23H23Cl2N3O3. The van der Waals surface area contributed by atoms with Crippen molar-refractivity contribution in [3.05, 3.63) is 56.2 Å². The fraction of sp³-hybridized carbons (Fsp3) is 0.304. The van der Waals surface area contributed by atoms with Gasteiger partial charge in [0, 0.05) is 11.6 Å². The molecule has 6 nitrogen and oxygen atoms in total. The Kier molecular flexibility index (Phi) is 6.12. The first-order valence-corrected chi connectivity index (χ1v) is 11.1. The number of halogens is 2. The number of carbonyl (C=O) groups excluding carboxylic acids is 1. The second-order valence-electron chi connectivity index (χ2n) is 7.92. The number of H-pyrrole nitrogens is 1. The fourth-order valence-corrected chi connectivity index (χ4v) is 4.60. The Hall–Kier alpha value is -2.70. The molecule has 0 radical (unpaired) electrons. The van der Waals surface area contributed by atoms with Gasteiger partial charge in [0.1, 0.15) is 0 Å². The Morgan fingerprint density at radius 1 is 1.10 bits per heavy atom. The molecule has 0 saturated heterocycles. The van der Waals surface area contributed by atoms with Crippen LogP contribution in [-0.2, 0) is 0 Å². The number of nitrogen functional groups attached to an aromatic ring is 1. The number of benzene rings is 2. The van der Waals surface area contributed by atoms with E-state index in [9.17, 15) is 14.7 Å². The molecule has 1 aliphatic rings. The Balaban J connectivity index is 1.81. The number of anilines is 1. The second kappa shape index (κ2) is 8.81. The van der Waals surface area contributed by atoms with Crippen molar-refractivity contribution in [2.24, 2.45) is 0 Å². The summed E-state index contributed by atoms with van der Waals surface area (Å²) in [5.74, 6) is -0.733. The summed E-state index contributed by atoms with van der Waals surface area (Å²) in [7, 11) is 0. The number of rotatable bonds is 3. The molecule has 1 heterocycles. The number of pyridine rings is 1. The van der Waals surface area contributed by atoms with E-state index in [1.165, 1.54) is 25.0 Å². The van der Waals surface area contributed by atoms with Gasteiger partial charge < -0.3 is 21.1 Å². The predicted molar refractivity (Wildman–Crippen MR) is 125 cm³/mol. The van der Waals surface area contributed by atoms with Crippen LogP contribution in [0.2, 0.25) is 10.0 Å². The molecule has 2 aromatic carbocycles. The maximum Gasteiger partial charge on any atom is 0.253 e. The van der Waals surface area contributed by atoms with Crippen molar-refractivity contribution in [3.63, 3.8) is 0 Å². The minimum absolute atomic E-state index is 0.114. The van der Waals surface area contributed by atoms with Gasteiger partial charge in [-0.05, 0) is 37.1 Å². The van der Waals surface area contributed by atoms with Crippen LogP contribution in [0.3, 0.4) is 0 Å². The summed E-state index contributed by atoms with van der Waals surface area (Å²) in [6.45, 7) is 0. The van der Waals surface area contributed by atoms with Crippen molar-refractivity contribution >= 4 is 45.7 Å². The maximum atomic E-state index is 13.1. The molecule has 1 amide bonds. The van der Waals surface area contributed by atoms with Crippen LogP contribution in [0.5, 0.6) is 5.75 Å². The van der Waals surface area contributed by atoms with E-state index in [0.717, 1.165) is 25.7 Å². The molecule has 3 aromatic rings. The quantitative estimate of drug-likeness (QED) is 0.317. The number of hydrogen-bond acceptors (Lipinski definition) is 4. The minimum Gasteiger partial charge on any atom is -0.503 e. The van der Waals surface area contributed by atoms with E-state index in [1.807, 2.05) is 0 Å². The van der Waals surface area contributed by atoms with Crippen LogP contribution in [0, 0.1) is 0 Å². The average Bonchev–Trinajstić information content (AvgIpc) is 3.02. The van der Waals surface area contributed by atoms with Gasteiger partial charge in [0.2, 0.25) is 5.43 Å². The third kappa shape index (κ3) is 4.23. The van der Waals surface area contributed by atoms with E-state index < -0.39 is 11.2 Å². The van der Waals surface area contributed by atoms with Gasteiger partial charge in [-0.25, -0.2) is 0 Å². The molecule has 1 aliphatic carbocycles. The largest absolute Gasteiger partial charge is 0.503 e. The summed E-state index contributed by atoms with van der Waals surface area (Å²) in [6.07, 6.45) is 6.44. The molecular weight excluding hydrogens is 437 g/mol. The van der Waals surface area contributed by atoms with Crippen LogP contribution < -0.4 is 16.5 Å². The topological polar surface area (TPSA) is 108 Å². The Morgan fingerprint density at radius 3 is 2.39 bits per heavy atom. The highest BCUT2D eigenvalue weighted by Gasteiger charge is 2.21. The average molecular weight is 460 g/mol. The first-order valence-electron chi connectivity index (χ1n) is 10.3. The monoisotopic (exact) mass is 459 g/mol.